The van der Waals surface area contributed by atoms with Crippen molar-refractivity contribution >= 4 is 23.9 Å². The van der Waals surface area contributed by atoms with Crippen LogP contribution in [0.2, 0.25) is 0 Å². The Balaban J connectivity index is 2.38. The second-order valence-corrected chi connectivity index (χ2v) is 5.14. The molecule has 0 fully saturated rings. The molecule has 1 atom stereocenters. The molecule has 0 aromatic heterocycles. The molecule has 114 valence electrons. The minimum atomic E-state index is -0.892. The first-order chi connectivity index (χ1) is 10.0. The van der Waals surface area contributed by atoms with Crippen molar-refractivity contribution in [3.63, 3.8) is 0 Å². The maximum Gasteiger partial charge on any atom is 0.303 e. The second kappa shape index (κ2) is 8.89. The average Bonchev–Trinajstić information content (AvgIpc) is 2.45. The van der Waals surface area contributed by atoms with Gasteiger partial charge in [-0.1, -0.05) is 19.1 Å². The van der Waals surface area contributed by atoms with Gasteiger partial charge in [-0.15, -0.1) is 0 Å². The first-order valence-electron chi connectivity index (χ1n) is 7.07. The van der Waals surface area contributed by atoms with E-state index in [0.717, 1.165) is 24.7 Å². The first-order valence-corrected chi connectivity index (χ1v) is 7.07. The highest BCUT2D eigenvalue weighted by molar-refractivity contribution is 5.90. The summed E-state index contributed by atoms with van der Waals surface area (Å²) in [6.07, 6.45) is 3.12. The SMILES string of the molecule is CC(C=O)CCc1ccc(NC(=O)CCCC(=O)O)cc1. The zero-order valence-corrected chi connectivity index (χ0v) is 12.2. The van der Waals surface area contributed by atoms with Crippen LogP contribution in [0.25, 0.3) is 0 Å². The Kier molecular flexibility index (Phi) is 7.15. The molecular formula is C16H21NO4. The van der Waals surface area contributed by atoms with Crippen LogP contribution in [0.1, 0.15) is 38.2 Å². The summed E-state index contributed by atoms with van der Waals surface area (Å²) >= 11 is 0. The van der Waals surface area contributed by atoms with E-state index in [0.29, 0.717) is 12.1 Å². The number of nitrogens with one attached hydrogen (secondary N) is 1. The number of rotatable bonds is 9. The van der Waals surface area contributed by atoms with Crippen molar-refractivity contribution in [1.82, 2.24) is 0 Å². The first kappa shape index (κ1) is 16.9. The van der Waals surface area contributed by atoms with Crippen molar-refractivity contribution in [2.75, 3.05) is 5.32 Å². The van der Waals surface area contributed by atoms with Crippen LogP contribution < -0.4 is 5.32 Å². The van der Waals surface area contributed by atoms with Gasteiger partial charge in [0, 0.05) is 24.4 Å². The van der Waals surface area contributed by atoms with Gasteiger partial charge in [-0.2, -0.15) is 0 Å². The van der Waals surface area contributed by atoms with E-state index in [1.54, 1.807) is 0 Å². The number of hydrogen-bond acceptors (Lipinski definition) is 3. The molecule has 5 nitrogen and oxygen atoms in total. The Hall–Kier alpha value is -2.17. The van der Waals surface area contributed by atoms with E-state index < -0.39 is 5.97 Å². The summed E-state index contributed by atoms with van der Waals surface area (Å²) in [6.45, 7) is 1.89. The Morgan fingerprint density at radius 2 is 1.90 bits per heavy atom. The lowest BCUT2D eigenvalue weighted by Gasteiger charge is -2.07. The van der Waals surface area contributed by atoms with Crippen LogP contribution in [0, 0.1) is 5.92 Å². The van der Waals surface area contributed by atoms with Gasteiger partial charge >= 0.3 is 5.97 Å². The maximum atomic E-state index is 11.6. The highest BCUT2D eigenvalue weighted by Gasteiger charge is 2.05. The Bertz CT molecular complexity index is 482. The standard InChI is InChI=1S/C16H21NO4/c1-12(11-18)5-6-13-7-9-14(10-8-13)17-15(19)3-2-4-16(20)21/h7-12H,2-6H2,1H3,(H,17,19)(H,20,21). The summed E-state index contributed by atoms with van der Waals surface area (Å²) in [5.74, 6) is -1.02. The van der Waals surface area contributed by atoms with Crippen molar-refractivity contribution in [2.24, 2.45) is 5.92 Å². The molecule has 1 rings (SSSR count). The predicted molar refractivity (Wildman–Crippen MR) is 80.1 cm³/mol. The summed E-state index contributed by atoms with van der Waals surface area (Å²) in [6, 6.07) is 7.47. The van der Waals surface area contributed by atoms with Crippen LogP contribution >= 0.6 is 0 Å². The zero-order chi connectivity index (χ0) is 15.7. The van der Waals surface area contributed by atoms with Gasteiger partial charge in [-0.3, -0.25) is 9.59 Å². The van der Waals surface area contributed by atoms with Crippen LogP contribution in [0.15, 0.2) is 24.3 Å². The molecule has 1 amide bonds. The average molecular weight is 291 g/mol. The molecule has 0 bridgehead atoms. The van der Waals surface area contributed by atoms with Gasteiger partial charge in [0.25, 0.3) is 0 Å². The minimum Gasteiger partial charge on any atom is -0.481 e. The van der Waals surface area contributed by atoms with E-state index in [1.807, 2.05) is 31.2 Å². The summed E-state index contributed by atoms with van der Waals surface area (Å²) in [4.78, 5) is 32.5. The van der Waals surface area contributed by atoms with E-state index >= 15 is 0 Å². The van der Waals surface area contributed by atoms with Gasteiger partial charge < -0.3 is 15.2 Å². The van der Waals surface area contributed by atoms with E-state index in [9.17, 15) is 14.4 Å². The predicted octanol–water partition coefficient (Wildman–Crippen LogP) is 2.65. The monoisotopic (exact) mass is 291 g/mol. The molecule has 0 aliphatic heterocycles. The molecule has 0 saturated heterocycles. The molecule has 0 spiro atoms. The molecule has 21 heavy (non-hydrogen) atoms. The molecule has 0 heterocycles. The summed E-state index contributed by atoms with van der Waals surface area (Å²) in [5.41, 5.74) is 1.81. The number of aldehydes is 1. The summed E-state index contributed by atoms with van der Waals surface area (Å²) in [5, 5.41) is 11.2. The third-order valence-electron chi connectivity index (χ3n) is 3.15. The van der Waals surface area contributed by atoms with Gasteiger partial charge in [0.2, 0.25) is 5.91 Å². The molecule has 0 saturated carbocycles. The van der Waals surface area contributed by atoms with Crippen LogP contribution in [0.5, 0.6) is 0 Å². The lowest BCUT2D eigenvalue weighted by molar-refractivity contribution is -0.137. The fourth-order valence-electron chi connectivity index (χ4n) is 1.84. The molecule has 2 N–H and O–H groups in total. The molecule has 0 aliphatic carbocycles. The van der Waals surface area contributed by atoms with Gasteiger partial charge in [-0.25, -0.2) is 0 Å². The van der Waals surface area contributed by atoms with Crippen LogP contribution in [-0.2, 0) is 20.8 Å². The van der Waals surface area contributed by atoms with Gasteiger partial charge in [0.05, 0.1) is 0 Å². The summed E-state index contributed by atoms with van der Waals surface area (Å²) < 4.78 is 0. The summed E-state index contributed by atoms with van der Waals surface area (Å²) in [7, 11) is 0. The largest absolute Gasteiger partial charge is 0.481 e. The van der Waals surface area contributed by atoms with Crippen LogP contribution in [-0.4, -0.2) is 23.3 Å². The fourth-order valence-corrected chi connectivity index (χ4v) is 1.84. The molecule has 0 aliphatic rings. The molecule has 1 aromatic carbocycles. The third kappa shape index (κ3) is 7.25. The Morgan fingerprint density at radius 3 is 2.48 bits per heavy atom. The molecule has 1 aromatic rings. The Labute approximate surface area is 124 Å². The Morgan fingerprint density at radius 1 is 1.24 bits per heavy atom. The van der Waals surface area contributed by atoms with E-state index in [2.05, 4.69) is 5.32 Å². The van der Waals surface area contributed by atoms with Gasteiger partial charge in [0.15, 0.2) is 0 Å². The molecular weight excluding hydrogens is 270 g/mol. The molecule has 1 unspecified atom stereocenters. The number of amides is 1. The van der Waals surface area contributed by atoms with Gasteiger partial charge in [-0.05, 0) is 37.0 Å². The number of carboxylic acids is 1. The highest BCUT2D eigenvalue weighted by Crippen LogP contribution is 2.13. The zero-order valence-electron chi connectivity index (χ0n) is 12.2. The smallest absolute Gasteiger partial charge is 0.303 e. The van der Waals surface area contributed by atoms with E-state index in [-0.39, 0.29) is 24.7 Å². The molecule has 0 radical (unpaired) electrons. The number of carbonyl (C=O) groups is 3. The van der Waals surface area contributed by atoms with Crippen LogP contribution in [0.3, 0.4) is 0 Å². The van der Waals surface area contributed by atoms with Crippen molar-refractivity contribution < 1.29 is 19.5 Å². The van der Waals surface area contributed by atoms with Crippen molar-refractivity contribution in [2.45, 2.75) is 39.0 Å². The number of aryl methyl sites for hydroxylation is 1. The van der Waals surface area contributed by atoms with Crippen molar-refractivity contribution in [1.29, 1.82) is 0 Å². The van der Waals surface area contributed by atoms with Crippen LogP contribution in [0.4, 0.5) is 5.69 Å². The number of carboxylic acid groups (broad SMARTS) is 1. The number of hydrogen-bond donors (Lipinski definition) is 2. The normalized spacial score (nSPS) is 11.7. The lowest BCUT2D eigenvalue weighted by atomic mass is 10.0. The maximum absolute atomic E-state index is 11.6. The second-order valence-electron chi connectivity index (χ2n) is 5.14. The number of aliphatic carboxylic acids is 1. The lowest BCUT2D eigenvalue weighted by Crippen LogP contribution is -2.11. The number of carbonyl (C=O) groups excluding carboxylic acids is 2. The number of benzene rings is 1. The van der Waals surface area contributed by atoms with E-state index in [1.165, 1.54) is 0 Å². The highest BCUT2D eigenvalue weighted by atomic mass is 16.4. The van der Waals surface area contributed by atoms with E-state index in [4.69, 9.17) is 5.11 Å². The quantitative estimate of drug-likeness (QED) is 0.685. The number of anilines is 1. The minimum absolute atomic E-state index is 0.00126. The topological polar surface area (TPSA) is 83.5 Å². The molecule has 5 heteroatoms. The third-order valence-corrected chi connectivity index (χ3v) is 3.15. The van der Waals surface area contributed by atoms with Gasteiger partial charge in [0.1, 0.15) is 6.29 Å². The van der Waals surface area contributed by atoms with Crippen molar-refractivity contribution in [3.8, 4) is 0 Å². The fraction of sp³-hybridized carbons (Fsp3) is 0.438. The van der Waals surface area contributed by atoms with Crippen molar-refractivity contribution in [3.05, 3.63) is 29.8 Å².